The van der Waals surface area contributed by atoms with Gasteiger partial charge in [0.2, 0.25) is 5.75 Å². The van der Waals surface area contributed by atoms with E-state index in [2.05, 4.69) is 20.6 Å². The van der Waals surface area contributed by atoms with E-state index in [1.165, 1.54) is 23.9 Å². The van der Waals surface area contributed by atoms with E-state index in [-0.39, 0.29) is 23.7 Å². The molecule has 0 saturated heterocycles. The van der Waals surface area contributed by atoms with E-state index in [4.69, 9.17) is 24.5 Å². The number of ether oxygens (including phenoxy) is 2. The molecule has 0 aliphatic rings. The highest BCUT2D eigenvalue weighted by Crippen LogP contribution is 2.37. The van der Waals surface area contributed by atoms with Gasteiger partial charge in [-0.2, -0.15) is 5.10 Å². The number of benzene rings is 2. The van der Waals surface area contributed by atoms with Gasteiger partial charge in [-0.3, -0.25) is 14.6 Å². The van der Waals surface area contributed by atoms with Crippen LogP contribution in [-0.2, 0) is 6.54 Å². The number of nitrogens with one attached hydrogen (secondary N) is 2. The van der Waals surface area contributed by atoms with Gasteiger partial charge in [0, 0.05) is 59.2 Å². The highest BCUT2D eigenvalue weighted by molar-refractivity contribution is 5.92. The van der Waals surface area contributed by atoms with Gasteiger partial charge in [-0.1, -0.05) is 18.2 Å². The summed E-state index contributed by atoms with van der Waals surface area (Å²) in [5, 5.41) is 12.0. The molecule has 0 bridgehead atoms. The Morgan fingerprint density at radius 2 is 1.40 bits per heavy atom. The fourth-order valence-electron chi connectivity index (χ4n) is 4.61. The summed E-state index contributed by atoms with van der Waals surface area (Å²) >= 11 is 0. The minimum Gasteiger partial charge on any atom is -0.494 e. The van der Waals surface area contributed by atoms with Gasteiger partial charge < -0.3 is 20.1 Å². The minimum absolute atomic E-state index is 0.127. The maximum absolute atomic E-state index is 15.0. The Bertz CT molecular complexity index is 1800. The number of nitrogens with zero attached hydrogens (tertiary/aromatic N) is 6. The standard InChI is InChI=1S/C31H26F2N8O2/c1-3-43-21-16-24(32)23(25(33)17-21)18-41-26-7-5-4-6-22(26)27(40-41)29-38-30(36-19-8-12-34-13-9-19)28(42-2)31(39-29)37-20-10-14-35-15-11-20/h4-17H,3,18H2,1-2H3,(H2,34,35,36,37,38,39). The summed E-state index contributed by atoms with van der Waals surface area (Å²) in [6.07, 6.45) is 6.62. The van der Waals surface area contributed by atoms with Crippen molar-refractivity contribution in [3.63, 3.8) is 0 Å². The fraction of sp³-hybridized carbons (Fsp3) is 0.129. The zero-order valence-corrected chi connectivity index (χ0v) is 23.3. The van der Waals surface area contributed by atoms with Crippen molar-refractivity contribution in [1.82, 2.24) is 29.7 Å². The van der Waals surface area contributed by atoms with E-state index in [9.17, 15) is 0 Å². The summed E-state index contributed by atoms with van der Waals surface area (Å²) in [6.45, 7) is 1.88. The second-order valence-electron chi connectivity index (χ2n) is 9.32. The quantitative estimate of drug-likeness (QED) is 0.187. The van der Waals surface area contributed by atoms with E-state index < -0.39 is 11.6 Å². The van der Waals surface area contributed by atoms with Crippen LogP contribution in [0.25, 0.3) is 22.4 Å². The van der Waals surface area contributed by atoms with Crippen molar-refractivity contribution in [2.24, 2.45) is 0 Å². The van der Waals surface area contributed by atoms with E-state index >= 15 is 8.78 Å². The molecular weight excluding hydrogens is 554 g/mol. The molecule has 4 aromatic heterocycles. The molecule has 0 aliphatic heterocycles. The van der Waals surface area contributed by atoms with E-state index in [0.29, 0.717) is 40.6 Å². The van der Waals surface area contributed by atoms with Gasteiger partial charge in [0.05, 0.1) is 25.8 Å². The summed E-state index contributed by atoms with van der Waals surface area (Å²) in [5.41, 5.74) is 2.38. The van der Waals surface area contributed by atoms with Crippen molar-refractivity contribution in [2.75, 3.05) is 24.4 Å². The molecule has 0 fully saturated rings. The number of anilines is 4. The molecule has 0 spiro atoms. The maximum atomic E-state index is 15.0. The Balaban J connectivity index is 1.48. The minimum atomic E-state index is -0.724. The lowest BCUT2D eigenvalue weighted by Gasteiger charge is -2.16. The Morgan fingerprint density at radius 3 is 1.95 bits per heavy atom. The van der Waals surface area contributed by atoms with Crippen molar-refractivity contribution in [2.45, 2.75) is 13.5 Å². The molecule has 6 rings (SSSR count). The SMILES string of the molecule is CCOc1cc(F)c(Cn2nc(-c3nc(Nc4ccncc4)c(OC)c(Nc4ccncc4)n3)c3ccccc32)c(F)c1. The number of halogens is 2. The van der Waals surface area contributed by atoms with Crippen LogP contribution in [0.4, 0.5) is 31.8 Å². The highest BCUT2D eigenvalue weighted by Gasteiger charge is 2.22. The van der Waals surface area contributed by atoms with Crippen LogP contribution < -0.4 is 20.1 Å². The molecule has 10 nitrogen and oxygen atoms in total. The molecule has 2 aromatic carbocycles. The number of rotatable bonds is 10. The van der Waals surface area contributed by atoms with Crippen molar-refractivity contribution < 1.29 is 18.3 Å². The Kier molecular flexibility index (Phi) is 7.72. The van der Waals surface area contributed by atoms with E-state index in [0.717, 1.165) is 11.4 Å². The molecule has 0 radical (unpaired) electrons. The molecule has 216 valence electrons. The third-order valence-electron chi connectivity index (χ3n) is 6.56. The predicted molar refractivity (Wildman–Crippen MR) is 159 cm³/mol. The van der Waals surface area contributed by atoms with Gasteiger partial charge in [0.25, 0.3) is 0 Å². The third kappa shape index (κ3) is 5.75. The first kappa shape index (κ1) is 27.5. The molecule has 0 saturated carbocycles. The predicted octanol–water partition coefficient (Wildman–Crippen LogP) is 6.50. The first-order valence-corrected chi connectivity index (χ1v) is 13.4. The van der Waals surface area contributed by atoms with Crippen molar-refractivity contribution in [3.8, 4) is 23.0 Å². The number of para-hydroxylation sites is 1. The molecule has 12 heteroatoms. The molecule has 4 heterocycles. The topological polar surface area (TPSA) is 112 Å². The fourth-order valence-corrected chi connectivity index (χ4v) is 4.61. The summed E-state index contributed by atoms with van der Waals surface area (Å²) in [5.74, 6) is 0.0457. The molecule has 6 aromatic rings. The Labute approximate surface area is 245 Å². The Morgan fingerprint density at radius 1 is 0.814 bits per heavy atom. The smallest absolute Gasteiger partial charge is 0.204 e. The lowest BCUT2D eigenvalue weighted by Crippen LogP contribution is -2.08. The molecule has 0 unspecified atom stereocenters. The van der Waals surface area contributed by atoms with Crippen LogP contribution in [0.15, 0.2) is 85.5 Å². The zero-order valence-electron chi connectivity index (χ0n) is 23.3. The molecule has 0 amide bonds. The summed E-state index contributed by atoms with van der Waals surface area (Å²) in [4.78, 5) is 17.7. The monoisotopic (exact) mass is 580 g/mol. The number of pyridine rings is 2. The maximum Gasteiger partial charge on any atom is 0.204 e. The van der Waals surface area contributed by atoms with Crippen LogP contribution in [0.3, 0.4) is 0 Å². The van der Waals surface area contributed by atoms with E-state index in [1.54, 1.807) is 56.0 Å². The van der Waals surface area contributed by atoms with Crippen LogP contribution in [-0.4, -0.2) is 43.4 Å². The van der Waals surface area contributed by atoms with Crippen LogP contribution in [0.5, 0.6) is 11.5 Å². The first-order chi connectivity index (χ1) is 21.0. The first-order valence-electron chi connectivity index (χ1n) is 13.4. The van der Waals surface area contributed by atoms with Crippen LogP contribution in [0.2, 0.25) is 0 Å². The Hall–Kier alpha value is -5.65. The molecule has 0 atom stereocenters. The van der Waals surface area contributed by atoms with Gasteiger partial charge in [-0.15, -0.1) is 0 Å². The lowest BCUT2D eigenvalue weighted by atomic mass is 10.1. The van der Waals surface area contributed by atoms with Crippen molar-refractivity contribution in [3.05, 3.63) is 103 Å². The summed E-state index contributed by atoms with van der Waals surface area (Å²) in [7, 11) is 1.53. The normalized spacial score (nSPS) is 11.0. The zero-order chi connectivity index (χ0) is 29.8. The van der Waals surface area contributed by atoms with Gasteiger partial charge in [0.15, 0.2) is 17.5 Å². The highest BCUT2D eigenvalue weighted by atomic mass is 19.1. The largest absolute Gasteiger partial charge is 0.494 e. The molecule has 43 heavy (non-hydrogen) atoms. The second-order valence-corrected chi connectivity index (χ2v) is 9.32. The summed E-state index contributed by atoms with van der Waals surface area (Å²) in [6, 6.07) is 16.9. The molecule has 0 aliphatic carbocycles. The summed E-state index contributed by atoms with van der Waals surface area (Å²) < 4.78 is 42.6. The second kappa shape index (κ2) is 12.1. The number of hydrogen-bond acceptors (Lipinski definition) is 9. The number of hydrogen-bond donors (Lipinski definition) is 2. The number of methoxy groups -OCH3 is 1. The van der Waals surface area contributed by atoms with Crippen molar-refractivity contribution >= 4 is 33.9 Å². The third-order valence-corrected chi connectivity index (χ3v) is 6.56. The van der Waals surface area contributed by atoms with E-state index in [1.807, 2.05) is 24.3 Å². The number of aromatic nitrogens is 6. The van der Waals surface area contributed by atoms with Crippen LogP contribution in [0, 0.1) is 11.6 Å². The van der Waals surface area contributed by atoms with Crippen LogP contribution in [0.1, 0.15) is 12.5 Å². The molecular formula is C31H26F2N8O2. The van der Waals surface area contributed by atoms with Gasteiger partial charge >= 0.3 is 0 Å². The average molecular weight is 581 g/mol. The average Bonchev–Trinajstić information content (AvgIpc) is 3.38. The van der Waals surface area contributed by atoms with Gasteiger partial charge in [-0.05, 0) is 37.3 Å². The molecule has 2 N–H and O–H groups in total. The van der Waals surface area contributed by atoms with Gasteiger partial charge in [0.1, 0.15) is 23.1 Å². The lowest BCUT2D eigenvalue weighted by molar-refractivity contribution is 0.335. The number of fused-ring (bicyclic) bond motifs is 1. The van der Waals surface area contributed by atoms with Gasteiger partial charge in [-0.25, -0.2) is 18.7 Å². The van der Waals surface area contributed by atoms with Crippen LogP contribution >= 0.6 is 0 Å². The van der Waals surface area contributed by atoms with Crippen molar-refractivity contribution in [1.29, 1.82) is 0 Å².